The fourth-order valence-electron chi connectivity index (χ4n) is 3.65. The third kappa shape index (κ3) is 5.76. The highest BCUT2D eigenvalue weighted by atomic mass is 32.2. The highest BCUT2D eigenvalue weighted by Gasteiger charge is 2.22. The first kappa shape index (κ1) is 22.5. The number of aromatic nitrogens is 1. The molecule has 0 saturated carbocycles. The van der Waals surface area contributed by atoms with Crippen molar-refractivity contribution < 1.29 is 9.59 Å². The first-order chi connectivity index (χ1) is 15.5. The molecule has 0 radical (unpaired) electrons. The third-order valence-corrected chi connectivity index (χ3v) is 7.33. The maximum Gasteiger partial charge on any atom is 0.253 e. The Hall–Kier alpha value is -2.68. The molecule has 1 saturated heterocycles. The largest absolute Gasteiger partial charge is 0.366 e. The topological polar surface area (TPSA) is 79.5 Å². The van der Waals surface area contributed by atoms with Crippen molar-refractivity contribution >= 4 is 34.9 Å². The number of carbonyl (C=O) groups excluding carboxylic acids is 2. The summed E-state index contributed by atoms with van der Waals surface area (Å²) in [6.07, 6.45) is 0. The lowest BCUT2D eigenvalue weighted by Gasteiger charge is -2.34. The van der Waals surface area contributed by atoms with Crippen molar-refractivity contribution in [1.82, 2.24) is 14.8 Å². The fourth-order valence-corrected chi connectivity index (χ4v) is 5.16. The lowest BCUT2D eigenvalue weighted by atomic mass is 10.1. The van der Waals surface area contributed by atoms with Crippen LogP contribution in [0, 0.1) is 6.92 Å². The Morgan fingerprint density at radius 3 is 2.25 bits per heavy atom. The number of rotatable bonds is 7. The summed E-state index contributed by atoms with van der Waals surface area (Å²) in [5.41, 5.74) is 8.78. The monoisotopic (exact) mass is 466 g/mol. The minimum atomic E-state index is -0.412. The first-order valence-corrected chi connectivity index (χ1v) is 12.4. The number of thioether (sulfide) groups is 1. The van der Waals surface area contributed by atoms with Crippen LogP contribution in [0.1, 0.15) is 37.0 Å². The Balaban J connectivity index is 1.26. The van der Waals surface area contributed by atoms with Crippen molar-refractivity contribution in [3.63, 3.8) is 0 Å². The molecule has 6 nitrogen and oxygen atoms in total. The van der Waals surface area contributed by atoms with Gasteiger partial charge in [0, 0.05) is 59.9 Å². The SMILES string of the molecule is Cc1nc(CSc2ccc(C(=O)N3CCN(Cc4ccc(C(N)=O)cc4)CC3)cc2)cs1. The molecule has 2 N–H and O–H groups in total. The van der Waals surface area contributed by atoms with E-state index < -0.39 is 5.91 Å². The predicted octanol–water partition coefficient (Wildman–Crippen LogP) is 3.80. The molecule has 166 valence electrons. The van der Waals surface area contributed by atoms with E-state index >= 15 is 0 Å². The number of aryl methyl sites for hydroxylation is 1. The number of thiazole rings is 1. The Morgan fingerprint density at radius 1 is 1.00 bits per heavy atom. The standard InChI is InChI=1S/C24H26N4O2S2/c1-17-26-21(15-31-17)16-32-22-8-6-20(7-9-22)24(30)28-12-10-27(11-13-28)14-18-2-4-19(5-3-18)23(25)29/h2-9,15H,10-14,16H2,1H3,(H2,25,29). The van der Waals surface area contributed by atoms with Crippen LogP contribution in [0.15, 0.2) is 58.8 Å². The van der Waals surface area contributed by atoms with Gasteiger partial charge >= 0.3 is 0 Å². The summed E-state index contributed by atoms with van der Waals surface area (Å²) in [4.78, 5) is 34.0. The Morgan fingerprint density at radius 2 is 1.66 bits per heavy atom. The van der Waals surface area contributed by atoms with E-state index in [0.717, 1.165) is 52.1 Å². The highest BCUT2D eigenvalue weighted by Crippen LogP contribution is 2.24. The van der Waals surface area contributed by atoms with Gasteiger partial charge in [0.05, 0.1) is 10.7 Å². The number of primary amides is 1. The Bertz CT molecular complexity index is 1070. The van der Waals surface area contributed by atoms with Gasteiger partial charge in [-0.2, -0.15) is 0 Å². The average molecular weight is 467 g/mol. The van der Waals surface area contributed by atoms with E-state index in [4.69, 9.17) is 5.73 Å². The Labute approximate surface area is 196 Å². The minimum Gasteiger partial charge on any atom is -0.366 e. The van der Waals surface area contributed by atoms with Crippen molar-refractivity contribution in [2.75, 3.05) is 26.2 Å². The van der Waals surface area contributed by atoms with Crippen molar-refractivity contribution in [2.45, 2.75) is 24.1 Å². The number of hydrogen-bond donors (Lipinski definition) is 1. The molecule has 4 rings (SSSR count). The van der Waals surface area contributed by atoms with Gasteiger partial charge in [0.15, 0.2) is 0 Å². The second kappa shape index (κ2) is 10.3. The number of nitrogens with two attached hydrogens (primary N) is 1. The van der Waals surface area contributed by atoms with E-state index in [-0.39, 0.29) is 5.91 Å². The lowest BCUT2D eigenvalue weighted by molar-refractivity contribution is 0.0628. The van der Waals surface area contributed by atoms with Crippen LogP contribution >= 0.6 is 23.1 Å². The molecule has 3 aromatic rings. The number of nitrogens with zero attached hydrogens (tertiary/aromatic N) is 3. The molecule has 0 unspecified atom stereocenters. The van der Waals surface area contributed by atoms with Crippen LogP contribution < -0.4 is 5.73 Å². The van der Waals surface area contributed by atoms with Gasteiger partial charge in [-0.1, -0.05) is 12.1 Å². The summed E-state index contributed by atoms with van der Waals surface area (Å²) < 4.78 is 0. The second-order valence-corrected chi connectivity index (χ2v) is 9.91. The number of hydrogen-bond acceptors (Lipinski definition) is 6. The van der Waals surface area contributed by atoms with E-state index in [1.54, 1.807) is 35.2 Å². The van der Waals surface area contributed by atoms with E-state index in [1.807, 2.05) is 48.2 Å². The molecular formula is C24H26N4O2S2. The van der Waals surface area contributed by atoms with Crippen molar-refractivity contribution in [3.05, 3.63) is 81.3 Å². The van der Waals surface area contributed by atoms with Crippen molar-refractivity contribution in [1.29, 1.82) is 0 Å². The molecule has 0 atom stereocenters. The fraction of sp³-hybridized carbons (Fsp3) is 0.292. The maximum absolute atomic E-state index is 12.9. The highest BCUT2D eigenvalue weighted by molar-refractivity contribution is 7.98. The Kier molecular flexibility index (Phi) is 7.24. The zero-order chi connectivity index (χ0) is 22.5. The van der Waals surface area contributed by atoms with Gasteiger partial charge in [0.2, 0.25) is 5.91 Å². The summed E-state index contributed by atoms with van der Waals surface area (Å²) in [6, 6.07) is 15.3. The van der Waals surface area contributed by atoms with Crippen LogP contribution in [0.2, 0.25) is 0 Å². The summed E-state index contributed by atoms with van der Waals surface area (Å²) in [6.45, 7) is 5.87. The molecule has 0 bridgehead atoms. The van der Waals surface area contributed by atoms with E-state index in [0.29, 0.717) is 18.7 Å². The maximum atomic E-state index is 12.9. The molecule has 1 fully saturated rings. The van der Waals surface area contributed by atoms with Gasteiger partial charge in [-0.3, -0.25) is 14.5 Å². The average Bonchev–Trinajstić information content (AvgIpc) is 3.23. The second-order valence-electron chi connectivity index (χ2n) is 7.80. The quantitative estimate of drug-likeness (QED) is 0.536. The van der Waals surface area contributed by atoms with Gasteiger partial charge < -0.3 is 10.6 Å². The molecule has 0 aliphatic carbocycles. The lowest BCUT2D eigenvalue weighted by Crippen LogP contribution is -2.48. The molecule has 2 aromatic carbocycles. The van der Waals surface area contributed by atoms with Crippen molar-refractivity contribution in [2.24, 2.45) is 5.73 Å². The molecule has 1 aromatic heterocycles. The van der Waals surface area contributed by atoms with Gasteiger partial charge in [-0.15, -0.1) is 23.1 Å². The van der Waals surface area contributed by atoms with Gasteiger partial charge in [-0.25, -0.2) is 4.98 Å². The third-order valence-electron chi connectivity index (χ3n) is 5.46. The molecule has 1 aliphatic heterocycles. The normalized spacial score (nSPS) is 14.5. The zero-order valence-corrected chi connectivity index (χ0v) is 19.6. The zero-order valence-electron chi connectivity index (χ0n) is 18.0. The smallest absolute Gasteiger partial charge is 0.253 e. The van der Waals surface area contributed by atoms with E-state index in [9.17, 15) is 9.59 Å². The number of amides is 2. The van der Waals surface area contributed by atoms with E-state index in [1.165, 1.54) is 0 Å². The van der Waals surface area contributed by atoms with Crippen LogP contribution in [-0.2, 0) is 12.3 Å². The van der Waals surface area contributed by atoms with Gasteiger partial charge in [0.1, 0.15) is 0 Å². The van der Waals surface area contributed by atoms with Crippen LogP contribution in [0.5, 0.6) is 0 Å². The van der Waals surface area contributed by atoms with Gasteiger partial charge in [-0.05, 0) is 48.9 Å². The summed E-state index contributed by atoms with van der Waals surface area (Å²) >= 11 is 3.40. The molecule has 1 aliphatic rings. The summed E-state index contributed by atoms with van der Waals surface area (Å²) in [5.74, 6) is 0.511. The van der Waals surface area contributed by atoms with Crippen LogP contribution in [-0.4, -0.2) is 52.8 Å². The number of carbonyl (C=O) groups is 2. The van der Waals surface area contributed by atoms with E-state index in [2.05, 4.69) is 15.3 Å². The van der Waals surface area contributed by atoms with Crippen LogP contribution in [0.4, 0.5) is 0 Å². The van der Waals surface area contributed by atoms with Crippen LogP contribution in [0.3, 0.4) is 0 Å². The molecule has 32 heavy (non-hydrogen) atoms. The molecular weight excluding hydrogens is 440 g/mol. The molecule has 0 spiro atoms. The molecule has 2 amide bonds. The summed E-state index contributed by atoms with van der Waals surface area (Å²) in [5, 5.41) is 3.18. The molecule has 2 heterocycles. The van der Waals surface area contributed by atoms with Gasteiger partial charge in [0.25, 0.3) is 5.91 Å². The number of piperazine rings is 1. The first-order valence-electron chi connectivity index (χ1n) is 10.5. The predicted molar refractivity (Wildman–Crippen MR) is 129 cm³/mol. The number of benzene rings is 2. The minimum absolute atomic E-state index is 0.0853. The van der Waals surface area contributed by atoms with Crippen LogP contribution in [0.25, 0.3) is 0 Å². The van der Waals surface area contributed by atoms with Crippen molar-refractivity contribution in [3.8, 4) is 0 Å². The summed E-state index contributed by atoms with van der Waals surface area (Å²) in [7, 11) is 0. The molecule has 8 heteroatoms.